The van der Waals surface area contributed by atoms with Crippen molar-refractivity contribution in [2.24, 2.45) is 5.41 Å². The largest absolute Gasteiger partial charge is 0.463 e. The Hall–Kier alpha value is -1.64. The second-order valence-electron chi connectivity index (χ2n) is 5.30. The van der Waals surface area contributed by atoms with Gasteiger partial charge in [0.15, 0.2) is 5.78 Å². The lowest BCUT2D eigenvalue weighted by atomic mass is 9.85. The van der Waals surface area contributed by atoms with Crippen LogP contribution in [0.5, 0.6) is 0 Å². The molecule has 18 heavy (non-hydrogen) atoms. The molecule has 98 valence electrons. The van der Waals surface area contributed by atoms with Crippen LogP contribution in [-0.2, 0) is 9.53 Å². The maximum Gasteiger partial charge on any atom is 0.312 e. The van der Waals surface area contributed by atoms with Gasteiger partial charge in [-0.05, 0) is 27.7 Å². The fourth-order valence-corrected chi connectivity index (χ4v) is 1.57. The topological polar surface area (TPSA) is 43.4 Å². The number of carbonyl (C=O) groups is 2. The lowest BCUT2D eigenvalue weighted by Crippen LogP contribution is -2.31. The van der Waals surface area contributed by atoms with E-state index >= 15 is 0 Å². The molecule has 0 aromatic heterocycles. The monoisotopic (exact) mass is 248 g/mol. The van der Waals surface area contributed by atoms with Crippen LogP contribution in [0.25, 0.3) is 0 Å². The highest BCUT2D eigenvalue weighted by Gasteiger charge is 2.32. The van der Waals surface area contributed by atoms with Crippen molar-refractivity contribution in [3.63, 3.8) is 0 Å². The maximum absolute atomic E-state index is 12.0. The van der Waals surface area contributed by atoms with Crippen LogP contribution >= 0.6 is 0 Å². The number of ether oxygens (including phenoxy) is 1. The standard InChI is InChI=1S/C15H20O3/c1-11(2)18-14(17)15(3,4)10-13(16)12-8-6-5-7-9-12/h5-9,11H,10H2,1-4H3. The predicted molar refractivity (Wildman–Crippen MR) is 70.4 cm³/mol. The Balaban J connectivity index is 2.71. The number of hydrogen-bond acceptors (Lipinski definition) is 3. The minimum atomic E-state index is -0.794. The van der Waals surface area contributed by atoms with Crippen LogP contribution in [0.4, 0.5) is 0 Å². The van der Waals surface area contributed by atoms with Crippen molar-refractivity contribution >= 4 is 11.8 Å². The number of benzene rings is 1. The molecule has 0 heterocycles. The van der Waals surface area contributed by atoms with Crippen LogP contribution in [0.1, 0.15) is 44.5 Å². The third-order valence-corrected chi connectivity index (χ3v) is 2.59. The summed E-state index contributed by atoms with van der Waals surface area (Å²) in [4.78, 5) is 23.9. The van der Waals surface area contributed by atoms with Gasteiger partial charge in [-0.25, -0.2) is 0 Å². The van der Waals surface area contributed by atoms with Crippen LogP contribution in [0.15, 0.2) is 30.3 Å². The summed E-state index contributed by atoms with van der Waals surface area (Å²) in [6.45, 7) is 7.07. The van der Waals surface area contributed by atoms with Gasteiger partial charge in [0.1, 0.15) is 0 Å². The minimum Gasteiger partial charge on any atom is -0.463 e. The molecule has 0 radical (unpaired) electrons. The molecule has 0 amide bonds. The molecule has 1 aromatic carbocycles. The smallest absolute Gasteiger partial charge is 0.312 e. The normalized spacial score (nSPS) is 11.4. The van der Waals surface area contributed by atoms with Crippen molar-refractivity contribution in [3.05, 3.63) is 35.9 Å². The molecule has 0 atom stereocenters. The van der Waals surface area contributed by atoms with E-state index in [2.05, 4.69) is 0 Å². The summed E-state index contributed by atoms with van der Waals surface area (Å²) in [6, 6.07) is 8.99. The zero-order valence-corrected chi connectivity index (χ0v) is 11.4. The second kappa shape index (κ2) is 5.80. The van der Waals surface area contributed by atoms with Gasteiger partial charge in [0.2, 0.25) is 0 Å². The number of ketones is 1. The van der Waals surface area contributed by atoms with Gasteiger partial charge < -0.3 is 4.74 Å². The zero-order valence-electron chi connectivity index (χ0n) is 11.4. The Labute approximate surface area is 108 Å². The van der Waals surface area contributed by atoms with Gasteiger partial charge in [-0.1, -0.05) is 30.3 Å². The van der Waals surface area contributed by atoms with Crippen molar-refractivity contribution in [3.8, 4) is 0 Å². The summed E-state index contributed by atoms with van der Waals surface area (Å²) in [7, 11) is 0. The Kier molecular flexibility index (Phi) is 4.65. The first kappa shape index (κ1) is 14.4. The van der Waals surface area contributed by atoms with E-state index in [9.17, 15) is 9.59 Å². The fraction of sp³-hybridized carbons (Fsp3) is 0.467. The third-order valence-electron chi connectivity index (χ3n) is 2.59. The van der Waals surface area contributed by atoms with E-state index in [1.54, 1.807) is 39.8 Å². The molecule has 0 unspecified atom stereocenters. The van der Waals surface area contributed by atoms with Gasteiger partial charge in [-0.2, -0.15) is 0 Å². The van der Waals surface area contributed by atoms with Gasteiger partial charge in [-0.3, -0.25) is 9.59 Å². The summed E-state index contributed by atoms with van der Waals surface area (Å²) in [5.74, 6) is -0.372. The van der Waals surface area contributed by atoms with Gasteiger partial charge in [0, 0.05) is 12.0 Å². The van der Waals surface area contributed by atoms with Gasteiger partial charge in [-0.15, -0.1) is 0 Å². The third kappa shape index (κ3) is 3.99. The van der Waals surface area contributed by atoms with Gasteiger partial charge in [0.25, 0.3) is 0 Å². The summed E-state index contributed by atoms with van der Waals surface area (Å²) < 4.78 is 5.16. The molecule has 0 spiro atoms. The number of Topliss-reactive ketones (excluding diaryl/α,β-unsaturated/α-hetero) is 1. The SMILES string of the molecule is CC(C)OC(=O)C(C)(C)CC(=O)c1ccccc1. The van der Waals surface area contributed by atoms with Gasteiger partial charge >= 0.3 is 5.97 Å². The summed E-state index contributed by atoms with van der Waals surface area (Å²) in [6.07, 6.45) is -0.00801. The van der Waals surface area contributed by atoms with E-state index < -0.39 is 5.41 Å². The van der Waals surface area contributed by atoms with Crippen molar-refractivity contribution < 1.29 is 14.3 Å². The average molecular weight is 248 g/mol. The predicted octanol–water partition coefficient (Wildman–Crippen LogP) is 3.24. The zero-order chi connectivity index (χ0) is 13.8. The van der Waals surface area contributed by atoms with Gasteiger partial charge in [0.05, 0.1) is 11.5 Å². The van der Waals surface area contributed by atoms with Crippen LogP contribution in [0, 0.1) is 5.41 Å². The Morgan fingerprint density at radius 3 is 2.22 bits per heavy atom. The Morgan fingerprint density at radius 1 is 1.17 bits per heavy atom. The van der Waals surface area contributed by atoms with E-state index in [1.165, 1.54) is 0 Å². The molecule has 3 heteroatoms. The first-order chi connectivity index (χ1) is 8.33. The van der Waals surface area contributed by atoms with Crippen LogP contribution < -0.4 is 0 Å². The lowest BCUT2D eigenvalue weighted by molar-refractivity contribution is -0.157. The number of carbonyl (C=O) groups excluding carboxylic acids is 2. The molecular weight excluding hydrogens is 228 g/mol. The van der Waals surface area contributed by atoms with E-state index in [1.807, 2.05) is 18.2 Å². The van der Waals surface area contributed by atoms with E-state index in [4.69, 9.17) is 4.74 Å². The van der Waals surface area contributed by atoms with Crippen LogP contribution in [0.2, 0.25) is 0 Å². The highest BCUT2D eigenvalue weighted by atomic mass is 16.5. The molecule has 0 fully saturated rings. The van der Waals surface area contributed by atoms with Crippen molar-refractivity contribution in [1.29, 1.82) is 0 Å². The molecule has 0 aliphatic rings. The summed E-state index contributed by atoms with van der Waals surface area (Å²) in [5.41, 5.74) is -0.167. The quantitative estimate of drug-likeness (QED) is 0.593. The molecule has 0 aliphatic carbocycles. The first-order valence-corrected chi connectivity index (χ1v) is 6.12. The van der Waals surface area contributed by atoms with E-state index in [0.29, 0.717) is 5.56 Å². The first-order valence-electron chi connectivity index (χ1n) is 6.12. The van der Waals surface area contributed by atoms with Crippen molar-refractivity contribution in [1.82, 2.24) is 0 Å². The molecule has 1 aromatic rings. The van der Waals surface area contributed by atoms with E-state index in [0.717, 1.165) is 0 Å². The Morgan fingerprint density at radius 2 is 1.72 bits per heavy atom. The fourth-order valence-electron chi connectivity index (χ4n) is 1.57. The average Bonchev–Trinajstić information content (AvgIpc) is 2.28. The summed E-state index contributed by atoms with van der Waals surface area (Å²) >= 11 is 0. The minimum absolute atomic E-state index is 0.0405. The molecule has 1 rings (SSSR count). The van der Waals surface area contributed by atoms with Crippen LogP contribution in [-0.4, -0.2) is 17.9 Å². The molecule has 0 N–H and O–H groups in total. The van der Waals surface area contributed by atoms with Crippen molar-refractivity contribution in [2.75, 3.05) is 0 Å². The van der Waals surface area contributed by atoms with Crippen LogP contribution in [0.3, 0.4) is 0 Å². The molecule has 0 bridgehead atoms. The number of rotatable bonds is 5. The molecule has 0 saturated carbocycles. The maximum atomic E-state index is 12.0. The highest BCUT2D eigenvalue weighted by Crippen LogP contribution is 2.25. The molecular formula is C15H20O3. The molecule has 0 saturated heterocycles. The van der Waals surface area contributed by atoms with E-state index in [-0.39, 0.29) is 24.3 Å². The number of hydrogen-bond donors (Lipinski definition) is 0. The number of esters is 1. The molecule has 0 aliphatic heterocycles. The summed E-state index contributed by atoms with van der Waals surface area (Å²) in [5, 5.41) is 0. The second-order valence-corrected chi connectivity index (χ2v) is 5.30. The lowest BCUT2D eigenvalue weighted by Gasteiger charge is -2.23. The Bertz CT molecular complexity index is 419. The van der Waals surface area contributed by atoms with Crippen molar-refractivity contribution in [2.45, 2.75) is 40.2 Å². The molecule has 3 nitrogen and oxygen atoms in total. The highest BCUT2D eigenvalue weighted by molar-refractivity contribution is 5.98.